The fourth-order valence-electron chi connectivity index (χ4n) is 8.89. The Morgan fingerprint density at radius 1 is 0.885 bits per heavy atom. The van der Waals surface area contributed by atoms with E-state index in [1.807, 2.05) is 92.0 Å². The number of aromatic nitrogens is 4. The molecule has 0 spiro atoms. The Balaban J connectivity index is 1.09. The van der Waals surface area contributed by atoms with E-state index in [9.17, 15) is 4.79 Å². The van der Waals surface area contributed by atoms with Gasteiger partial charge >= 0.3 is 0 Å². The smallest absolute Gasteiger partial charge is 0.259 e. The number of amides is 1. The van der Waals surface area contributed by atoms with Gasteiger partial charge in [0.1, 0.15) is 35.6 Å². The predicted octanol–water partition coefficient (Wildman–Crippen LogP) is 8.62. The van der Waals surface area contributed by atoms with Crippen LogP contribution in [0.25, 0.3) is 11.2 Å². The van der Waals surface area contributed by atoms with E-state index in [2.05, 4.69) is 31.9 Å². The number of rotatable bonds is 13. The monoisotopic (exact) mass is 846 g/mol. The van der Waals surface area contributed by atoms with Crippen molar-refractivity contribution in [2.24, 2.45) is 0 Å². The van der Waals surface area contributed by atoms with Crippen molar-refractivity contribution in [1.82, 2.24) is 24.2 Å². The quantitative estimate of drug-likeness (QED) is 0.0886. The summed E-state index contributed by atoms with van der Waals surface area (Å²) < 4.78 is 59.8. The van der Waals surface area contributed by atoms with Gasteiger partial charge in [-0.25, -0.2) is 24.0 Å². The third-order valence-corrected chi connectivity index (χ3v) is 13.9. The Hall–Kier alpha value is -5.34. The molecule has 7 atom stereocenters. The highest BCUT2D eigenvalue weighted by Crippen LogP contribution is 2.61. The molecule has 2 saturated heterocycles. The van der Waals surface area contributed by atoms with Crippen molar-refractivity contribution in [2.75, 3.05) is 33.2 Å². The van der Waals surface area contributed by atoms with Gasteiger partial charge in [-0.3, -0.25) is 9.36 Å². The van der Waals surface area contributed by atoms with Crippen molar-refractivity contribution in [1.29, 1.82) is 0 Å². The summed E-state index contributed by atoms with van der Waals surface area (Å²) in [6, 6.07) is 34.3. The van der Waals surface area contributed by atoms with Crippen LogP contribution in [0.5, 0.6) is 11.5 Å². The van der Waals surface area contributed by atoms with E-state index < -0.39 is 44.3 Å². The predicted molar refractivity (Wildman–Crippen MR) is 228 cm³/mol. The topological polar surface area (TPSA) is 131 Å². The molecule has 4 heterocycles. The van der Waals surface area contributed by atoms with Crippen molar-refractivity contribution >= 4 is 31.4 Å². The van der Waals surface area contributed by atoms with Crippen LogP contribution in [0, 0.1) is 0 Å². The lowest BCUT2D eigenvalue weighted by molar-refractivity contribution is -0.0916. The first-order valence-corrected chi connectivity index (χ1v) is 21.6. The van der Waals surface area contributed by atoms with Crippen LogP contribution in [0.1, 0.15) is 65.9 Å². The molecule has 9 rings (SSSR count). The molecule has 3 fully saturated rings. The summed E-state index contributed by atoms with van der Waals surface area (Å²) >= 11 is 0. The second kappa shape index (κ2) is 17.2. The molecule has 13 nitrogen and oxygen atoms in total. The van der Waals surface area contributed by atoms with E-state index in [0.29, 0.717) is 17.1 Å². The number of ether oxygens (including phenoxy) is 4. The number of imidazole rings is 1. The van der Waals surface area contributed by atoms with Crippen molar-refractivity contribution in [2.45, 2.75) is 74.5 Å². The number of carbonyl (C=O) groups excluding carboxylic acids is 1. The highest BCUT2D eigenvalue weighted by Gasteiger charge is 2.56. The lowest BCUT2D eigenvalue weighted by atomic mass is 9.80. The fourth-order valence-corrected chi connectivity index (χ4v) is 10.8. The maximum Gasteiger partial charge on any atom is 0.259 e. The van der Waals surface area contributed by atoms with E-state index in [4.69, 9.17) is 28.0 Å². The van der Waals surface area contributed by atoms with Gasteiger partial charge < -0.3 is 33.3 Å². The van der Waals surface area contributed by atoms with Crippen LogP contribution >= 0.6 is 8.53 Å². The van der Waals surface area contributed by atoms with Gasteiger partial charge in [-0.05, 0) is 79.9 Å². The molecule has 6 aromatic rings. The fraction of sp³-hybridized carbons (Fsp3) is 0.348. The first-order valence-electron chi connectivity index (χ1n) is 20.4. The van der Waals surface area contributed by atoms with E-state index >= 15 is 4.39 Å². The number of alkyl halides is 1. The molecule has 1 saturated carbocycles. The van der Waals surface area contributed by atoms with Gasteiger partial charge in [-0.15, -0.1) is 0 Å². The van der Waals surface area contributed by atoms with Crippen LogP contribution in [0.2, 0.25) is 0 Å². The summed E-state index contributed by atoms with van der Waals surface area (Å²) in [6.45, 7) is 2.03. The molecule has 4 aromatic carbocycles. The minimum atomic E-state index is -1.72. The zero-order chi connectivity index (χ0) is 42.1. The van der Waals surface area contributed by atoms with Gasteiger partial charge in [-0.1, -0.05) is 85.6 Å². The number of nitrogens with zero attached hydrogens (tertiary/aromatic N) is 5. The van der Waals surface area contributed by atoms with Crippen LogP contribution in [-0.2, 0) is 24.1 Å². The van der Waals surface area contributed by atoms with Gasteiger partial charge in [0, 0.05) is 11.6 Å². The Bertz CT molecular complexity index is 2400. The molecule has 2 aliphatic heterocycles. The lowest BCUT2D eigenvalue weighted by Gasteiger charge is -2.37. The normalized spacial score (nSPS) is 25.3. The molecule has 61 heavy (non-hydrogen) atoms. The Morgan fingerprint density at radius 3 is 2.16 bits per heavy atom. The van der Waals surface area contributed by atoms with E-state index in [0.717, 1.165) is 42.4 Å². The van der Waals surface area contributed by atoms with Crippen LogP contribution in [0.4, 0.5) is 10.2 Å². The highest BCUT2D eigenvalue weighted by atomic mass is 31.2. The zero-order valence-corrected chi connectivity index (χ0v) is 35.3. The highest BCUT2D eigenvalue weighted by molar-refractivity contribution is 7.45. The number of nitrogens with one attached hydrogen (secondary N) is 1. The zero-order valence-electron chi connectivity index (χ0n) is 34.4. The van der Waals surface area contributed by atoms with Crippen molar-refractivity contribution < 1.29 is 37.2 Å². The second-order valence-corrected chi connectivity index (χ2v) is 17.2. The third-order valence-electron chi connectivity index (χ3n) is 12.1. The third kappa shape index (κ3) is 7.66. The number of hydrogen-bond donors (Lipinski definition) is 1. The van der Waals surface area contributed by atoms with Crippen molar-refractivity contribution in [3.8, 4) is 11.5 Å². The number of fused-ring (bicyclic) bond motifs is 2. The molecule has 2 aromatic heterocycles. The van der Waals surface area contributed by atoms with Gasteiger partial charge in [0.25, 0.3) is 14.4 Å². The summed E-state index contributed by atoms with van der Waals surface area (Å²) in [5, 5.41) is 2.83. The van der Waals surface area contributed by atoms with E-state index in [1.54, 1.807) is 38.5 Å². The molecular weight excluding hydrogens is 799 g/mol. The molecule has 1 amide bonds. The van der Waals surface area contributed by atoms with Gasteiger partial charge in [0.15, 0.2) is 29.4 Å². The summed E-state index contributed by atoms with van der Waals surface area (Å²) in [4.78, 5) is 26.5. The first-order chi connectivity index (χ1) is 29.7. The number of hydrogen-bond acceptors (Lipinski definition) is 11. The molecule has 0 radical (unpaired) electrons. The molecule has 1 aliphatic carbocycles. The van der Waals surface area contributed by atoms with Gasteiger partial charge in [0.05, 0.1) is 32.8 Å². The average molecular weight is 847 g/mol. The molecule has 3 aliphatic rings. The summed E-state index contributed by atoms with van der Waals surface area (Å²) in [5.41, 5.74) is 1.88. The molecule has 0 unspecified atom stereocenters. The van der Waals surface area contributed by atoms with Crippen molar-refractivity contribution in [3.63, 3.8) is 0 Å². The summed E-state index contributed by atoms with van der Waals surface area (Å²) in [6.07, 6.45) is 1.77. The summed E-state index contributed by atoms with van der Waals surface area (Å²) in [7, 11) is 3.58. The number of anilines is 1. The summed E-state index contributed by atoms with van der Waals surface area (Å²) in [5.74, 6) is 1.19. The second-order valence-electron chi connectivity index (χ2n) is 15.7. The van der Waals surface area contributed by atoms with Crippen LogP contribution < -0.4 is 14.8 Å². The Morgan fingerprint density at radius 2 is 1.52 bits per heavy atom. The minimum absolute atomic E-state index is 0.0951. The maximum absolute atomic E-state index is 17.6. The number of methoxy groups -OCH3 is 2. The molecule has 15 heteroatoms. The largest absolute Gasteiger partial charge is 0.497 e. The number of halogens is 1. The minimum Gasteiger partial charge on any atom is -0.497 e. The maximum atomic E-state index is 17.6. The average Bonchev–Trinajstić information content (AvgIpc) is 3.95. The Labute approximate surface area is 355 Å². The molecule has 0 bridgehead atoms. The first kappa shape index (κ1) is 41.0. The molecule has 316 valence electrons. The van der Waals surface area contributed by atoms with Gasteiger partial charge in [-0.2, -0.15) is 0 Å². The van der Waals surface area contributed by atoms with E-state index in [1.165, 1.54) is 17.2 Å². The van der Waals surface area contributed by atoms with Crippen molar-refractivity contribution in [3.05, 3.63) is 144 Å². The number of likely N-dealkylation sites (N-methyl/N-ethyl adjacent to an activating group) is 1. The molecule has 1 N–H and O–H groups in total. The van der Waals surface area contributed by atoms with E-state index in [-0.39, 0.29) is 35.5 Å². The standard InChI is InChI=1S/C46H48FN6O7P/c1-45-26-12-11-17-37(45)52(2)61(60-45)59-40-36(58-44(38(40)47)53-29-50-39-41(48-28-49-42(39)53)51-43(54)30-13-7-5-8-14-30)27-57-46(31-15-9-6-10-16-31,32-18-22-34(55-3)23-19-32)33-20-24-35(56-4)25-21-33/h5-10,13-16,18-25,28-29,36-38,40,44H,11-12,17,26-27H2,1-4H3,(H,48,49,51,54)/t36-,37+,38-,40-,44-,45+,61+/m1/s1. The van der Waals surface area contributed by atoms with Crippen LogP contribution in [0.15, 0.2) is 122 Å². The molecular formula is C46H48FN6O7P. The number of benzene rings is 4. The SMILES string of the molecule is COc1ccc(C(OC[C@H]2O[C@@H](n3cnc4c(NC(=O)c5ccccc5)ncnc43)[C@H](F)[C@@H]2O[P@@]2O[C@@]3(C)CCCC[C@@H]3N2C)(c2ccccc2)c2ccc(OC)cc2)cc1. The number of carbonyl (C=O) groups is 1. The van der Waals surface area contributed by atoms with Crippen LogP contribution in [0.3, 0.4) is 0 Å². The lowest BCUT2D eigenvalue weighted by Crippen LogP contribution is -2.43. The van der Waals surface area contributed by atoms with Crippen LogP contribution in [-0.4, -0.2) is 88.0 Å². The van der Waals surface area contributed by atoms with Gasteiger partial charge in [0.2, 0.25) is 0 Å². The Kier molecular flexibility index (Phi) is 11.6.